The second-order valence-electron chi connectivity index (χ2n) is 4.79. The van der Waals surface area contributed by atoms with E-state index < -0.39 is 0 Å². The summed E-state index contributed by atoms with van der Waals surface area (Å²) in [4.78, 5) is 13.5. The van der Waals surface area contributed by atoms with Gasteiger partial charge in [-0.15, -0.1) is 0 Å². The summed E-state index contributed by atoms with van der Waals surface area (Å²) in [6.45, 7) is 6.41. The molecule has 1 N–H and O–H groups in total. The van der Waals surface area contributed by atoms with E-state index in [1.165, 1.54) is 25.7 Å². The number of aliphatic hydroxyl groups is 1. The van der Waals surface area contributed by atoms with E-state index in [1.54, 1.807) is 4.90 Å². The van der Waals surface area contributed by atoms with E-state index in [9.17, 15) is 4.79 Å². The van der Waals surface area contributed by atoms with Crippen LogP contribution in [-0.2, 0) is 9.47 Å². The molecule has 0 rings (SSSR count). The number of carbonyl (C=O) groups excluding carboxylic acids is 1. The molecule has 0 aromatic heterocycles. The number of aliphatic hydroxyl groups excluding tert-OH is 1. The van der Waals surface area contributed by atoms with Gasteiger partial charge in [-0.05, 0) is 13.3 Å². The van der Waals surface area contributed by atoms with Gasteiger partial charge in [0.2, 0.25) is 0 Å². The second-order valence-corrected chi connectivity index (χ2v) is 4.79. The molecule has 5 nitrogen and oxygen atoms in total. The number of amides is 1. The van der Waals surface area contributed by atoms with E-state index >= 15 is 0 Å². The third-order valence-electron chi connectivity index (χ3n) is 3.05. The van der Waals surface area contributed by atoms with Crippen molar-refractivity contribution in [3.05, 3.63) is 0 Å². The lowest BCUT2D eigenvalue weighted by atomic mass is 10.1. The molecule has 1 amide bonds. The molecule has 0 fully saturated rings. The minimum atomic E-state index is -0.270. The Kier molecular flexibility index (Phi) is 14.0. The maximum Gasteiger partial charge on any atom is 0.409 e. The van der Waals surface area contributed by atoms with E-state index in [0.29, 0.717) is 32.9 Å². The third kappa shape index (κ3) is 11.1. The van der Waals surface area contributed by atoms with Crippen molar-refractivity contribution in [1.82, 2.24) is 4.90 Å². The monoisotopic (exact) mass is 289 g/mol. The summed E-state index contributed by atoms with van der Waals surface area (Å²) in [5.41, 5.74) is 0. The van der Waals surface area contributed by atoms with Gasteiger partial charge < -0.3 is 19.5 Å². The number of hydrogen-bond acceptors (Lipinski definition) is 4. The minimum absolute atomic E-state index is 0.0107. The van der Waals surface area contributed by atoms with Crippen molar-refractivity contribution in [3.63, 3.8) is 0 Å². The quantitative estimate of drug-likeness (QED) is 0.530. The first-order chi connectivity index (χ1) is 9.76. The van der Waals surface area contributed by atoms with Gasteiger partial charge in [-0.25, -0.2) is 4.79 Å². The van der Waals surface area contributed by atoms with Crippen LogP contribution in [0.25, 0.3) is 0 Å². The van der Waals surface area contributed by atoms with Crippen LogP contribution in [0.3, 0.4) is 0 Å². The third-order valence-corrected chi connectivity index (χ3v) is 3.05. The van der Waals surface area contributed by atoms with Gasteiger partial charge in [0, 0.05) is 13.1 Å². The van der Waals surface area contributed by atoms with Crippen LogP contribution in [0.1, 0.15) is 52.4 Å². The fraction of sp³-hybridized carbons (Fsp3) is 0.933. The zero-order valence-corrected chi connectivity index (χ0v) is 13.1. The Hall–Kier alpha value is -0.810. The van der Waals surface area contributed by atoms with E-state index in [2.05, 4.69) is 6.92 Å². The highest BCUT2D eigenvalue weighted by Crippen LogP contribution is 2.06. The largest absolute Gasteiger partial charge is 0.450 e. The molecule has 0 radical (unpaired) electrons. The van der Waals surface area contributed by atoms with Crippen molar-refractivity contribution in [2.45, 2.75) is 52.4 Å². The fourth-order valence-electron chi connectivity index (χ4n) is 1.93. The zero-order chi connectivity index (χ0) is 15.1. The summed E-state index contributed by atoms with van der Waals surface area (Å²) in [7, 11) is 0. The predicted molar refractivity (Wildman–Crippen MR) is 79.9 cm³/mol. The van der Waals surface area contributed by atoms with Crippen LogP contribution in [0.2, 0.25) is 0 Å². The summed E-state index contributed by atoms with van der Waals surface area (Å²) in [5.74, 6) is 0. The molecular weight excluding hydrogens is 258 g/mol. The maximum absolute atomic E-state index is 11.8. The van der Waals surface area contributed by atoms with Crippen molar-refractivity contribution in [3.8, 4) is 0 Å². The summed E-state index contributed by atoms with van der Waals surface area (Å²) >= 11 is 0. The van der Waals surface area contributed by atoms with Crippen molar-refractivity contribution in [2.75, 3.05) is 39.5 Å². The van der Waals surface area contributed by atoms with Gasteiger partial charge in [0.15, 0.2) is 0 Å². The first-order valence-corrected chi connectivity index (χ1v) is 7.86. The lowest BCUT2D eigenvalue weighted by Gasteiger charge is -2.21. The van der Waals surface area contributed by atoms with Crippen molar-refractivity contribution in [1.29, 1.82) is 0 Å². The highest BCUT2D eigenvalue weighted by molar-refractivity contribution is 5.67. The van der Waals surface area contributed by atoms with Gasteiger partial charge in [-0.1, -0.05) is 39.0 Å². The van der Waals surface area contributed by atoms with Crippen LogP contribution in [-0.4, -0.2) is 55.6 Å². The van der Waals surface area contributed by atoms with E-state index in [1.807, 2.05) is 6.92 Å². The van der Waals surface area contributed by atoms with Crippen LogP contribution in [0.5, 0.6) is 0 Å². The zero-order valence-electron chi connectivity index (χ0n) is 13.1. The van der Waals surface area contributed by atoms with Crippen LogP contribution in [0.15, 0.2) is 0 Å². The van der Waals surface area contributed by atoms with Gasteiger partial charge >= 0.3 is 6.09 Å². The topological polar surface area (TPSA) is 59.0 Å². The fourth-order valence-corrected chi connectivity index (χ4v) is 1.93. The number of rotatable bonds is 13. The predicted octanol–water partition coefficient (Wildman–Crippen LogP) is 2.81. The molecule has 0 unspecified atom stereocenters. The molecule has 0 spiro atoms. The van der Waals surface area contributed by atoms with Gasteiger partial charge in [-0.2, -0.15) is 0 Å². The van der Waals surface area contributed by atoms with Crippen molar-refractivity contribution >= 4 is 6.09 Å². The van der Waals surface area contributed by atoms with Crippen LogP contribution in [0, 0.1) is 0 Å². The van der Waals surface area contributed by atoms with Gasteiger partial charge in [-0.3, -0.25) is 0 Å². The Morgan fingerprint density at radius 3 is 2.35 bits per heavy atom. The SMILES string of the molecule is CCCCCCCCN(CCOCCO)C(=O)OCC. The molecule has 0 atom stereocenters. The highest BCUT2D eigenvalue weighted by Gasteiger charge is 2.13. The smallest absolute Gasteiger partial charge is 0.409 e. The molecule has 0 saturated heterocycles. The molecule has 0 bridgehead atoms. The minimum Gasteiger partial charge on any atom is -0.450 e. The second kappa shape index (κ2) is 14.6. The number of hydrogen-bond donors (Lipinski definition) is 1. The van der Waals surface area contributed by atoms with E-state index in [0.717, 1.165) is 12.8 Å². The molecule has 120 valence electrons. The molecule has 0 aliphatic carbocycles. The van der Waals surface area contributed by atoms with Crippen molar-refractivity contribution in [2.24, 2.45) is 0 Å². The molecule has 20 heavy (non-hydrogen) atoms. The number of ether oxygens (including phenoxy) is 2. The van der Waals surface area contributed by atoms with Crippen LogP contribution < -0.4 is 0 Å². The lowest BCUT2D eigenvalue weighted by Crippen LogP contribution is -2.35. The first kappa shape index (κ1) is 19.2. The van der Waals surface area contributed by atoms with E-state index in [4.69, 9.17) is 14.6 Å². The lowest BCUT2D eigenvalue weighted by molar-refractivity contribution is 0.0620. The van der Waals surface area contributed by atoms with Crippen molar-refractivity contribution < 1.29 is 19.4 Å². The Morgan fingerprint density at radius 1 is 1.00 bits per heavy atom. The molecule has 0 aliphatic rings. The number of carbonyl (C=O) groups is 1. The summed E-state index contributed by atoms with van der Waals surface area (Å²) < 4.78 is 10.2. The first-order valence-electron chi connectivity index (χ1n) is 7.86. The molecular formula is C15H31NO4. The average Bonchev–Trinajstić information content (AvgIpc) is 2.45. The Labute approximate surface area is 123 Å². The molecule has 0 aromatic rings. The van der Waals surface area contributed by atoms with Crippen LogP contribution in [0.4, 0.5) is 4.79 Å². The van der Waals surface area contributed by atoms with Gasteiger partial charge in [0.05, 0.1) is 26.4 Å². The number of nitrogens with zero attached hydrogens (tertiary/aromatic N) is 1. The van der Waals surface area contributed by atoms with Gasteiger partial charge in [0.1, 0.15) is 0 Å². The van der Waals surface area contributed by atoms with E-state index in [-0.39, 0.29) is 12.7 Å². The van der Waals surface area contributed by atoms with Crippen LogP contribution >= 0.6 is 0 Å². The molecule has 0 aliphatic heterocycles. The maximum atomic E-state index is 11.8. The summed E-state index contributed by atoms with van der Waals surface area (Å²) in [6.07, 6.45) is 6.92. The normalized spacial score (nSPS) is 10.6. The highest BCUT2D eigenvalue weighted by atomic mass is 16.6. The Bertz CT molecular complexity index is 224. The molecule has 5 heteroatoms. The molecule has 0 aromatic carbocycles. The summed E-state index contributed by atoms with van der Waals surface area (Å²) in [6, 6.07) is 0. The number of unbranched alkanes of at least 4 members (excludes halogenated alkanes) is 5. The average molecular weight is 289 g/mol. The Balaban J connectivity index is 3.83. The molecule has 0 saturated carbocycles. The Morgan fingerprint density at radius 2 is 1.70 bits per heavy atom. The standard InChI is InChI=1S/C15H31NO4/c1-3-5-6-7-8-9-10-16(15(18)20-4-2)11-13-19-14-12-17/h17H,3-14H2,1-2H3. The van der Waals surface area contributed by atoms with Gasteiger partial charge in [0.25, 0.3) is 0 Å². The molecule has 0 heterocycles. The summed E-state index contributed by atoms with van der Waals surface area (Å²) in [5, 5.41) is 8.64.